The van der Waals surface area contributed by atoms with Crippen molar-refractivity contribution in [2.45, 2.75) is 12.8 Å². The summed E-state index contributed by atoms with van der Waals surface area (Å²) in [5.74, 6) is -0.323. The SMILES string of the molecule is [CH2-]CC1CC(=O)N(C)C1=O.[CH3-].[V+2]. The molecule has 1 rings (SSSR count). The van der Waals surface area contributed by atoms with Crippen molar-refractivity contribution in [1.82, 2.24) is 4.90 Å². The molecule has 0 N–H and O–H groups in total. The van der Waals surface area contributed by atoms with Gasteiger partial charge in [0, 0.05) is 19.4 Å². The molecular formula is C8H13NO2V. The van der Waals surface area contributed by atoms with Crippen molar-refractivity contribution in [3.8, 4) is 0 Å². The number of amides is 2. The van der Waals surface area contributed by atoms with E-state index < -0.39 is 0 Å². The molecule has 0 aromatic carbocycles. The van der Waals surface area contributed by atoms with Crippen LogP contribution in [0.4, 0.5) is 0 Å². The predicted molar refractivity (Wildman–Crippen MR) is 42.3 cm³/mol. The van der Waals surface area contributed by atoms with Gasteiger partial charge >= 0.3 is 18.6 Å². The molecule has 0 aliphatic carbocycles. The quantitative estimate of drug-likeness (QED) is 0.467. The zero-order valence-corrected chi connectivity index (χ0v) is 8.81. The largest absolute Gasteiger partial charge is 2.00 e. The van der Waals surface area contributed by atoms with Crippen molar-refractivity contribution in [3.63, 3.8) is 0 Å². The monoisotopic (exact) mass is 206 g/mol. The van der Waals surface area contributed by atoms with Gasteiger partial charge in [-0.3, -0.25) is 14.5 Å². The zero-order valence-electron chi connectivity index (χ0n) is 7.41. The van der Waals surface area contributed by atoms with Gasteiger partial charge in [-0.1, -0.05) is 0 Å². The molecule has 1 unspecified atom stereocenters. The third kappa shape index (κ3) is 2.36. The van der Waals surface area contributed by atoms with E-state index in [4.69, 9.17) is 0 Å². The van der Waals surface area contributed by atoms with Gasteiger partial charge in [0.2, 0.25) is 11.8 Å². The zero-order chi connectivity index (χ0) is 7.72. The molecule has 0 spiro atoms. The van der Waals surface area contributed by atoms with Gasteiger partial charge in [0.05, 0.1) is 0 Å². The topological polar surface area (TPSA) is 37.4 Å². The van der Waals surface area contributed by atoms with Gasteiger partial charge in [0.15, 0.2) is 0 Å². The molecule has 1 heterocycles. The Morgan fingerprint density at radius 2 is 2.08 bits per heavy atom. The first-order valence-corrected chi connectivity index (χ1v) is 3.26. The Labute approximate surface area is 85.4 Å². The van der Waals surface area contributed by atoms with E-state index in [9.17, 15) is 9.59 Å². The number of imide groups is 1. The minimum absolute atomic E-state index is 0. The summed E-state index contributed by atoms with van der Waals surface area (Å²) >= 11 is 0. The Morgan fingerprint density at radius 3 is 2.25 bits per heavy atom. The van der Waals surface area contributed by atoms with E-state index in [1.54, 1.807) is 0 Å². The number of likely N-dealkylation sites (tertiary alicyclic amines) is 1. The van der Waals surface area contributed by atoms with E-state index in [0.717, 1.165) is 0 Å². The fourth-order valence-electron chi connectivity index (χ4n) is 1.06. The Hall–Kier alpha value is -0.276. The molecule has 1 saturated heterocycles. The fourth-order valence-corrected chi connectivity index (χ4v) is 1.06. The Kier molecular flexibility index (Phi) is 6.40. The van der Waals surface area contributed by atoms with Crippen LogP contribution in [0, 0.1) is 20.3 Å². The molecule has 2 amide bonds. The molecule has 1 atom stereocenters. The summed E-state index contributed by atoms with van der Waals surface area (Å²) in [6.07, 6.45) is 0.869. The summed E-state index contributed by atoms with van der Waals surface area (Å²) in [4.78, 5) is 23.0. The average molecular weight is 206 g/mol. The first kappa shape index (κ1) is 14.3. The van der Waals surface area contributed by atoms with Crippen molar-refractivity contribution in [2.75, 3.05) is 7.05 Å². The smallest absolute Gasteiger partial charge is 0.358 e. The molecule has 1 fully saturated rings. The first-order chi connectivity index (χ1) is 4.66. The van der Waals surface area contributed by atoms with Gasteiger partial charge in [-0.15, -0.1) is 0 Å². The molecule has 12 heavy (non-hydrogen) atoms. The summed E-state index contributed by atoms with van der Waals surface area (Å²) in [5.41, 5.74) is 0. The number of nitrogens with zero attached hydrogens (tertiary/aromatic N) is 1. The van der Waals surface area contributed by atoms with Gasteiger partial charge in [0.25, 0.3) is 0 Å². The second-order valence-corrected chi connectivity index (χ2v) is 2.48. The molecule has 1 aliphatic heterocycles. The number of hydrogen-bond donors (Lipinski definition) is 0. The normalized spacial score (nSPS) is 21.8. The van der Waals surface area contributed by atoms with Crippen LogP contribution < -0.4 is 0 Å². The number of hydrogen-bond acceptors (Lipinski definition) is 2. The molecular weight excluding hydrogens is 193 g/mol. The van der Waals surface area contributed by atoms with Crippen LogP contribution in [0.15, 0.2) is 0 Å². The van der Waals surface area contributed by atoms with Crippen LogP contribution in [0.25, 0.3) is 0 Å². The van der Waals surface area contributed by atoms with Gasteiger partial charge in [0.1, 0.15) is 0 Å². The molecule has 0 aromatic heterocycles. The van der Waals surface area contributed by atoms with Gasteiger partial charge in [-0.05, 0) is 0 Å². The van der Waals surface area contributed by atoms with Gasteiger partial charge in [-0.25, -0.2) is 0 Å². The summed E-state index contributed by atoms with van der Waals surface area (Å²) < 4.78 is 0. The molecule has 4 heteroatoms. The first-order valence-electron chi connectivity index (χ1n) is 3.26. The van der Waals surface area contributed by atoms with Crippen LogP contribution in [-0.2, 0) is 28.1 Å². The molecule has 0 bridgehead atoms. The van der Waals surface area contributed by atoms with Crippen molar-refractivity contribution in [2.24, 2.45) is 5.92 Å². The van der Waals surface area contributed by atoms with Crippen molar-refractivity contribution in [3.05, 3.63) is 14.4 Å². The van der Waals surface area contributed by atoms with E-state index in [1.807, 2.05) is 0 Å². The number of carbonyl (C=O) groups is 2. The maximum Gasteiger partial charge on any atom is 2.00 e. The molecule has 1 radical (unpaired) electrons. The summed E-state index contributed by atoms with van der Waals surface area (Å²) in [7, 11) is 1.51. The van der Waals surface area contributed by atoms with Crippen LogP contribution in [0.1, 0.15) is 12.8 Å². The molecule has 3 nitrogen and oxygen atoms in total. The van der Waals surface area contributed by atoms with E-state index in [2.05, 4.69) is 6.92 Å². The van der Waals surface area contributed by atoms with E-state index >= 15 is 0 Å². The molecule has 1 aliphatic rings. The minimum Gasteiger partial charge on any atom is -0.358 e. The van der Waals surface area contributed by atoms with Gasteiger partial charge < -0.3 is 14.4 Å². The number of rotatable bonds is 1. The third-order valence-corrected chi connectivity index (χ3v) is 1.82. The third-order valence-electron chi connectivity index (χ3n) is 1.82. The summed E-state index contributed by atoms with van der Waals surface area (Å²) in [6.45, 7) is 3.59. The summed E-state index contributed by atoms with van der Waals surface area (Å²) in [6, 6.07) is 0. The Balaban J connectivity index is 0. The Morgan fingerprint density at radius 1 is 1.58 bits per heavy atom. The Bertz CT molecular complexity index is 182. The average Bonchev–Trinajstić information content (AvgIpc) is 2.17. The van der Waals surface area contributed by atoms with Crippen LogP contribution in [0.3, 0.4) is 0 Å². The van der Waals surface area contributed by atoms with Crippen LogP contribution in [0.5, 0.6) is 0 Å². The molecule has 0 aromatic rings. The van der Waals surface area contributed by atoms with Crippen LogP contribution in [0.2, 0.25) is 0 Å². The second-order valence-electron chi connectivity index (χ2n) is 2.48. The van der Waals surface area contributed by atoms with E-state index in [-0.39, 0.29) is 43.7 Å². The van der Waals surface area contributed by atoms with Crippen LogP contribution >= 0.6 is 0 Å². The summed E-state index contributed by atoms with van der Waals surface area (Å²) in [5, 5.41) is 0. The molecule has 0 saturated carbocycles. The van der Waals surface area contributed by atoms with E-state index in [0.29, 0.717) is 12.8 Å². The maximum atomic E-state index is 11.0. The fraction of sp³-hybridized carbons (Fsp3) is 0.500. The molecule has 67 valence electrons. The number of carbonyl (C=O) groups excluding carboxylic acids is 2. The maximum absolute atomic E-state index is 11.0. The predicted octanol–water partition coefficient (Wildman–Crippen LogP) is 0.663. The van der Waals surface area contributed by atoms with Crippen molar-refractivity contribution < 1.29 is 28.1 Å². The van der Waals surface area contributed by atoms with Crippen molar-refractivity contribution >= 4 is 11.8 Å². The van der Waals surface area contributed by atoms with Crippen LogP contribution in [-0.4, -0.2) is 23.8 Å². The van der Waals surface area contributed by atoms with Crippen molar-refractivity contribution in [1.29, 1.82) is 0 Å². The van der Waals surface area contributed by atoms with Gasteiger partial charge in [-0.2, -0.15) is 6.42 Å². The standard InChI is InChI=1S/C7H10NO2.CH3.V/c1-3-5-4-6(9)8(2)7(5)10;;/h5H,1,3-4H2,2H3;1H3;/q2*-1;+2. The second kappa shape index (κ2) is 5.38. The minimum atomic E-state index is -0.155. The van der Waals surface area contributed by atoms with E-state index in [1.165, 1.54) is 11.9 Å².